The van der Waals surface area contributed by atoms with Gasteiger partial charge in [0, 0.05) is 23.9 Å². The van der Waals surface area contributed by atoms with E-state index in [1.807, 2.05) is 42.5 Å². The van der Waals surface area contributed by atoms with Crippen LogP contribution in [0.3, 0.4) is 0 Å². The van der Waals surface area contributed by atoms with E-state index in [-0.39, 0.29) is 10.9 Å². The summed E-state index contributed by atoms with van der Waals surface area (Å²) in [6, 6.07) is 17.9. The van der Waals surface area contributed by atoms with E-state index in [9.17, 15) is 12.8 Å². The maximum Gasteiger partial charge on any atom is 0.343 e. The van der Waals surface area contributed by atoms with Gasteiger partial charge in [-0.2, -0.15) is 8.42 Å². The summed E-state index contributed by atoms with van der Waals surface area (Å²) in [4.78, 5) is 0. The van der Waals surface area contributed by atoms with Crippen LogP contribution in [0.15, 0.2) is 76.8 Å². The minimum atomic E-state index is -3.91. The Morgan fingerprint density at radius 1 is 1.07 bits per heavy atom. The van der Waals surface area contributed by atoms with Gasteiger partial charge in [-0.25, -0.2) is 4.39 Å². The number of nitrogens with zero attached hydrogens (tertiary/aromatic N) is 1. The Balaban J connectivity index is 1.65. The molecule has 0 amide bonds. The number of hydrogen-bond acceptors (Lipinski definition) is 3. The van der Waals surface area contributed by atoms with Gasteiger partial charge >= 0.3 is 10.2 Å². The third kappa shape index (κ3) is 4.00. The average molecular weight is 416 g/mol. The van der Waals surface area contributed by atoms with Crippen molar-refractivity contribution in [3.63, 3.8) is 0 Å². The van der Waals surface area contributed by atoms with Crippen molar-refractivity contribution < 1.29 is 12.8 Å². The van der Waals surface area contributed by atoms with E-state index in [0.717, 1.165) is 16.3 Å². The van der Waals surface area contributed by atoms with Gasteiger partial charge in [0.15, 0.2) is 0 Å². The van der Waals surface area contributed by atoms with Crippen LogP contribution in [-0.2, 0) is 16.6 Å². The van der Waals surface area contributed by atoms with Crippen LogP contribution in [0.5, 0.6) is 0 Å². The molecule has 0 atom stereocenters. The molecule has 2 N–H and O–H groups in total. The van der Waals surface area contributed by atoms with E-state index in [4.69, 9.17) is 11.6 Å². The standard InChI is InChI=1S/C20H15ClFN3O2S/c21-18-9-8-15(11-19(18)22)23-20-12-16(24-28(26,27)25-20)10-14-6-3-5-13-4-1-2-7-17(13)14/h1-9,11-12,24H,10H2,(H,23,25). The highest BCUT2D eigenvalue weighted by molar-refractivity contribution is 7.88. The van der Waals surface area contributed by atoms with Crippen molar-refractivity contribution in [1.82, 2.24) is 4.72 Å². The van der Waals surface area contributed by atoms with Crippen molar-refractivity contribution in [1.29, 1.82) is 0 Å². The van der Waals surface area contributed by atoms with Crippen LogP contribution in [0, 0.1) is 5.82 Å². The molecule has 0 saturated heterocycles. The molecule has 1 aliphatic heterocycles. The number of nitrogens with one attached hydrogen (secondary N) is 2. The summed E-state index contributed by atoms with van der Waals surface area (Å²) in [5.74, 6) is -0.514. The van der Waals surface area contributed by atoms with Crippen molar-refractivity contribution in [2.45, 2.75) is 6.42 Å². The predicted molar refractivity (Wildman–Crippen MR) is 110 cm³/mol. The number of hydrogen-bond donors (Lipinski definition) is 2. The molecular formula is C20H15ClFN3O2S. The number of rotatable bonds is 3. The first-order valence-corrected chi connectivity index (χ1v) is 10.2. The molecule has 8 heteroatoms. The molecule has 0 fully saturated rings. The molecule has 0 spiro atoms. The zero-order chi connectivity index (χ0) is 19.7. The van der Waals surface area contributed by atoms with Crippen LogP contribution >= 0.6 is 11.6 Å². The monoisotopic (exact) mass is 415 g/mol. The van der Waals surface area contributed by atoms with E-state index in [2.05, 4.69) is 14.4 Å². The van der Waals surface area contributed by atoms with Crippen LogP contribution in [0.1, 0.15) is 5.56 Å². The van der Waals surface area contributed by atoms with E-state index < -0.39 is 16.0 Å². The summed E-state index contributed by atoms with van der Waals surface area (Å²) in [7, 11) is -3.91. The molecule has 5 nitrogen and oxygen atoms in total. The summed E-state index contributed by atoms with van der Waals surface area (Å²) in [6.45, 7) is 0. The molecule has 0 aliphatic carbocycles. The largest absolute Gasteiger partial charge is 0.343 e. The average Bonchev–Trinajstić information content (AvgIpc) is 2.64. The second-order valence-electron chi connectivity index (χ2n) is 6.29. The van der Waals surface area contributed by atoms with Gasteiger partial charge < -0.3 is 5.32 Å². The number of fused-ring (bicyclic) bond motifs is 1. The fraction of sp³-hybridized carbons (Fsp3) is 0.0500. The number of halogens is 2. The van der Waals surface area contributed by atoms with Gasteiger partial charge in [0.2, 0.25) is 0 Å². The van der Waals surface area contributed by atoms with E-state index >= 15 is 0 Å². The highest BCUT2D eigenvalue weighted by Crippen LogP contribution is 2.23. The van der Waals surface area contributed by atoms with E-state index in [1.165, 1.54) is 12.1 Å². The molecule has 3 aromatic rings. The highest BCUT2D eigenvalue weighted by atomic mass is 35.5. The topological polar surface area (TPSA) is 70.6 Å². The van der Waals surface area contributed by atoms with Crippen molar-refractivity contribution in [3.05, 3.63) is 88.8 Å². The lowest BCUT2D eigenvalue weighted by Crippen LogP contribution is -2.30. The van der Waals surface area contributed by atoms with E-state index in [1.54, 1.807) is 12.1 Å². The first-order valence-electron chi connectivity index (χ1n) is 8.42. The number of anilines is 1. The van der Waals surface area contributed by atoms with Crippen molar-refractivity contribution >= 4 is 44.1 Å². The Bertz CT molecular complexity index is 1230. The van der Waals surface area contributed by atoms with Crippen molar-refractivity contribution in [2.75, 3.05) is 5.32 Å². The zero-order valence-corrected chi connectivity index (χ0v) is 16.1. The molecule has 4 rings (SSSR count). The fourth-order valence-corrected chi connectivity index (χ4v) is 4.04. The molecule has 0 bridgehead atoms. The number of benzene rings is 3. The minimum absolute atomic E-state index is 0.0161. The van der Waals surface area contributed by atoms with Gasteiger partial charge in [-0.15, -0.1) is 4.40 Å². The molecular weight excluding hydrogens is 401 g/mol. The summed E-state index contributed by atoms with van der Waals surface area (Å²) in [5.41, 5.74) is 1.78. The summed E-state index contributed by atoms with van der Waals surface area (Å²) in [6.07, 6.45) is 1.96. The molecule has 0 radical (unpaired) electrons. The van der Waals surface area contributed by atoms with E-state index in [0.29, 0.717) is 17.8 Å². The molecule has 0 aromatic heterocycles. The maximum absolute atomic E-state index is 13.6. The molecule has 1 heterocycles. The maximum atomic E-state index is 13.6. The van der Waals surface area contributed by atoms with Crippen LogP contribution in [0.25, 0.3) is 10.8 Å². The third-order valence-corrected chi connectivity index (χ3v) is 5.51. The van der Waals surface area contributed by atoms with Gasteiger partial charge in [-0.05, 0) is 34.5 Å². The number of allylic oxidation sites excluding steroid dienone is 1. The van der Waals surface area contributed by atoms with Gasteiger partial charge in [-0.1, -0.05) is 54.1 Å². The minimum Gasteiger partial charge on any atom is -0.339 e. The molecule has 0 unspecified atom stereocenters. The van der Waals surface area contributed by atoms with Crippen molar-refractivity contribution in [2.24, 2.45) is 4.40 Å². The second-order valence-corrected chi connectivity index (χ2v) is 8.04. The summed E-state index contributed by atoms with van der Waals surface area (Å²) >= 11 is 5.68. The van der Waals surface area contributed by atoms with Crippen molar-refractivity contribution in [3.8, 4) is 0 Å². The highest BCUT2D eigenvalue weighted by Gasteiger charge is 2.19. The first kappa shape index (κ1) is 18.5. The Morgan fingerprint density at radius 2 is 1.86 bits per heavy atom. The zero-order valence-electron chi connectivity index (χ0n) is 14.5. The van der Waals surface area contributed by atoms with Crippen LogP contribution in [0.2, 0.25) is 5.02 Å². The number of amidine groups is 1. The van der Waals surface area contributed by atoms with Gasteiger partial charge in [-0.3, -0.25) is 4.72 Å². The van der Waals surface area contributed by atoms with Gasteiger partial charge in [0.05, 0.1) is 5.02 Å². The molecule has 28 heavy (non-hydrogen) atoms. The molecule has 142 valence electrons. The quantitative estimate of drug-likeness (QED) is 0.665. The Morgan fingerprint density at radius 3 is 2.68 bits per heavy atom. The summed E-state index contributed by atoms with van der Waals surface area (Å²) < 4.78 is 44.1. The van der Waals surface area contributed by atoms with Crippen LogP contribution in [0.4, 0.5) is 10.1 Å². The second kappa shape index (κ2) is 7.26. The van der Waals surface area contributed by atoms with Crippen LogP contribution < -0.4 is 10.0 Å². The lowest BCUT2D eigenvalue weighted by molar-refractivity contribution is 0.589. The Kier molecular flexibility index (Phi) is 4.78. The SMILES string of the molecule is O=S1(=O)N=C(Nc2ccc(Cl)c(F)c2)C=C(Cc2cccc3ccccc23)N1. The van der Waals surface area contributed by atoms with Crippen LogP contribution in [-0.4, -0.2) is 14.3 Å². The smallest absolute Gasteiger partial charge is 0.339 e. The summed E-state index contributed by atoms with van der Waals surface area (Å²) in [5, 5.41) is 4.91. The Hall–Kier alpha value is -2.90. The Labute approximate surface area is 166 Å². The molecule has 3 aromatic carbocycles. The molecule has 0 saturated carbocycles. The van der Waals surface area contributed by atoms with Gasteiger partial charge in [0.1, 0.15) is 11.7 Å². The lowest BCUT2D eigenvalue weighted by atomic mass is 10.0. The molecule has 1 aliphatic rings. The fourth-order valence-electron chi connectivity index (χ4n) is 3.06. The van der Waals surface area contributed by atoms with Gasteiger partial charge in [0.25, 0.3) is 0 Å². The normalized spacial score (nSPS) is 15.5. The lowest BCUT2D eigenvalue weighted by Gasteiger charge is -2.17. The predicted octanol–water partition coefficient (Wildman–Crippen LogP) is 4.42. The third-order valence-electron chi connectivity index (χ3n) is 4.24. The first-order chi connectivity index (χ1) is 13.4.